The van der Waals surface area contributed by atoms with Crippen molar-refractivity contribution in [1.82, 2.24) is 19.4 Å². The number of nitrogens with one attached hydrogen (secondary N) is 1. The monoisotopic (exact) mass is 798 g/mol. The summed E-state index contributed by atoms with van der Waals surface area (Å²) in [6.07, 6.45) is 2.48. The average molecular weight is 799 g/mol. The van der Waals surface area contributed by atoms with E-state index in [1.165, 1.54) is 31.4 Å². The molecular formula is C45H42N4O8S. The minimum absolute atomic E-state index is 0.0526. The number of aromatic nitrogens is 2. The predicted octanol–water partition coefficient (Wildman–Crippen LogP) is 7.32. The molecule has 2 amide bonds. The van der Waals surface area contributed by atoms with Crippen molar-refractivity contribution in [3.8, 4) is 16.8 Å². The lowest BCUT2D eigenvalue weighted by Gasteiger charge is -2.29. The molecule has 2 heterocycles. The van der Waals surface area contributed by atoms with Gasteiger partial charge in [0.15, 0.2) is 5.69 Å². The van der Waals surface area contributed by atoms with Gasteiger partial charge in [-0.25, -0.2) is 27.4 Å². The molecule has 0 aliphatic carbocycles. The second-order valence-electron chi connectivity index (χ2n) is 13.9. The summed E-state index contributed by atoms with van der Waals surface area (Å²) in [7, 11) is -3.04. The lowest BCUT2D eigenvalue weighted by molar-refractivity contribution is 0.0518. The van der Waals surface area contributed by atoms with Crippen LogP contribution in [0, 0.1) is 0 Å². The van der Waals surface area contributed by atoms with Crippen LogP contribution >= 0.6 is 0 Å². The molecule has 5 aromatic carbocycles. The van der Waals surface area contributed by atoms with Crippen molar-refractivity contribution in [2.45, 2.75) is 51.0 Å². The van der Waals surface area contributed by atoms with Crippen LogP contribution in [0.1, 0.15) is 85.1 Å². The van der Waals surface area contributed by atoms with Gasteiger partial charge in [-0.3, -0.25) is 9.59 Å². The van der Waals surface area contributed by atoms with Gasteiger partial charge in [0.05, 0.1) is 35.6 Å². The van der Waals surface area contributed by atoms with Crippen molar-refractivity contribution in [2.75, 3.05) is 20.3 Å². The summed E-state index contributed by atoms with van der Waals surface area (Å²) in [5, 5.41) is 6.29. The van der Waals surface area contributed by atoms with Gasteiger partial charge >= 0.3 is 11.9 Å². The van der Waals surface area contributed by atoms with E-state index in [0.717, 1.165) is 22.9 Å². The average Bonchev–Trinajstić information content (AvgIpc) is 3.63. The fourth-order valence-electron chi connectivity index (χ4n) is 7.24. The summed E-state index contributed by atoms with van der Waals surface area (Å²) >= 11 is 0. The van der Waals surface area contributed by atoms with E-state index in [4.69, 9.17) is 14.6 Å². The smallest absolute Gasteiger partial charge is 0.359 e. The van der Waals surface area contributed by atoms with Gasteiger partial charge in [-0.1, -0.05) is 80.1 Å². The molecule has 0 spiro atoms. The van der Waals surface area contributed by atoms with Crippen LogP contribution in [0.2, 0.25) is 0 Å². The van der Waals surface area contributed by atoms with Crippen LogP contribution in [0.4, 0.5) is 0 Å². The van der Waals surface area contributed by atoms with Crippen LogP contribution in [-0.4, -0.2) is 67.1 Å². The molecule has 1 aliphatic rings. The zero-order valence-electron chi connectivity index (χ0n) is 32.4. The summed E-state index contributed by atoms with van der Waals surface area (Å²) in [4.78, 5) is 56.7. The topological polar surface area (TPSA) is 154 Å². The SMILES string of the molecule is CCCCc1c(-c2ccc(C(=O)NS(=O)(=O)c3ccc4ccccc4c3)cc2C(=O)N2CCc3ccccc3C2)c(C(=O)OCC)nn1-c1cccc(C(=O)OC)c1. The molecule has 12 nitrogen and oxygen atoms in total. The molecule has 0 atom stereocenters. The van der Waals surface area contributed by atoms with E-state index in [-0.39, 0.29) is 33.9 Å². The number of amides is 2. The number of benzene rings is 5. The number of fused-ring (bicyclic) bond motifs is 2. The molecule has 13 heteroatoms. The maximum atomic E-state index is 14.9. The summed E-state index contributed by atoms with van der Waals surface area (Å²) in [5.74, 6) is -2.65. The predicted molar refractivity (Wildman–Crippen MR) is 218 cm³/mol. The second-order valence-corrected chi connectivity index (χ2v) is 15.6. The Morgan fingerprint density at radius 1 is 0.793 bits per heavy atom. The van der Waals surface area contributed by atoms with Crippen LogP contribution in [0.5, 0.6) is 0 Å². The zero-order valence-corrected chi connectivity index (χ0v) is 33.2. The number of ether oxygens (including phenoxy) is 2. The van der Waals surface area contributed by atoms with Crippen LogP contribution in [0.3, 0.4) is 0 Å². The molecule has 0 bridgehead atoms. The second kappa shape index (κ2) is 16.9. The van der Waals surface area contributed by atoms with Crippen molar-refractivity contribution >= 4 is 44.5 Å². The lowest BCUT2D eigenvalue weighted by Crippen LogP contribution is -2.36. The van der Waals surface area contributed by atoms with E-state index in [9.17, 15) is 27.6 Å². The van der Waals surface area contributed by atoms with Crippen LogP contribution in [-0.2, 0) is 38.9 Å². The van der Waals surface area contributed by atoms with E-state index in [1.54, 1.807) is 65.0 Å². The van der Waals surface area contributed by atoms with Crippen molar-refractivity contribution in [3.05, 3.63) is 148 Å². The maximum Gasteiger partial charge on any atom is 0.359 e. The Bertz CT molecular complexity index is 2690. The summed E-state index contributed by atoms with van der Waals surface area (Å²) in [6, 6.07) is 30.7. The zero-order chi connectivity index (χ0) is 41.0. The van der Waals surface area contributed by atoms with Crippen molar-refractivity contribution in [3.63, 3.8) is 0 Å². The highest BCUT2D eigenvalue weighted by atomic mass is 32.2. The minimum atomic E-state index is -4.33. The van der Waals surface area contributed by atoms with E-state index in [2.05, 4.69) is 4.72 Å². The van der Waals surface area contributed by atoms with Crippen molar-refractivity contribution < 1.29 is 37.1 Å². The van der Waals surface area contributed by atoms with Gasteiger partial charge in [0.1, 0.15) is 0 Å². The Morgan fingerprint density at radius 2 is 1.55 bits per heavy atom. The van der Waals surface area contributed by atoms with Gasteiger partial charge in [-0.05, 0) is 96.1 Å². The Hall–Kier alpha value is -6.60. The minimum Gasteiger partial charge on any atom is -0.465 e. The van der Waals surface area contributed by atoms with E-state index in [0.29, 0.717) is 60.2 Å². The van der Waals surface area contributed by atoms with E-state index >= 15 is 0 Å². The highest BCUT2D eigenvalue weighted by Crippen LogP contribution is 2.36. The van der Waals surface area contributed by atoms with Gasteiger partial charge in [0, 0.05) is 29.8 Å². The van der Waals surface area contributed by atoms with Crippen LogP contribution in [0.25, 0.3) is 27.6 Å². The fraction of sp³-hybridized carbons (Fsp3) is 0.222. The van der Waals surface area contributed by atoms with Gasteiger partial charge in [-0.2, -0.15) is 5.10 Å². The molecule has 0 radical (unpaired) electrons. The van der Waals surface area contributed by atoms with Crippen LogP contribution < -0.4 is 4.72 Å². The Labute approximate surface area is 336 Å². The fourth-order valence-corrected chi connectivity index (χ4v) is 8.25. The van der Waals surface area contributed by atoms with Crippen molar-refractivity contribution in [2.24, 2.45) is 0 Å². The molecule has 6 aromatic rings. The third-order valence-electron chi connectivity index (χ3n) is 10.2. The van der Waals surface area contributed by atoms with E-state index in [1.807, 2.05) is 43.3 Å². The Morgan fingerprint density at radius 3 is 2.31 bits per heavy atom. The van der Waals surface area contributed by atoms with Crippen molar-refractivity contribution in [1.29, 1.82) is 0 Å². The molecule has 7 rings (SSSR count). The first-order valence-electron chi connectivity index (χ1n) is 19.1. The quantitative estimate of drug-likeness (QED) is 0.126. The Kier molecular flexibility index (Phi) is 11.5. The third-order valence-corrected chi connectivity index (χ3v) is 11.5. The van der Waals surface area contributed by atoms with Crippen LogP contribution in [0.15, 0.2) is 114 Å². The number of nitrogens with zero attached hydrogens (tertiary/aromatic N) is 3. The molecule has 1 aromatic heterocycles. The third kappa shape index (κ3) is 7.98. The number of esters is 2. The first-order chi connectivity index (χ1) is 28.0. The largest absolute Gasteiger partial charge is 0.465 e. The molecule has 1 N–H and O–H groups in total. The number of rotatable bonds is 12. The normalized spacial score (nSPS) is 12.5. The molecule has 0 saturated carbocycles. The number of hydrogen-bond acceptors (Lipinski definition) is 9. The molecule has 0 fully saturated rings. The number of methoxy groups -OCH3 is 1. The van der Waals surface area contributed by atoms with Gasteiger partial charge < -0.3 is 14.4 Å². The molecule has 0 unspecified atom stereocenters. The number of hydrogen-bond donors (Lipinski definition) is 1. The summed E-state index contributed by atoms with van der Waals surface area (Å²) in [6.45, 7) is 4.43. The molecule has 1 aliphatic heterocycles. The standard InChI is InChI=1S/C45H42N4O8S/c1-4-6-18-39-40(41(45(53)57-5-2)46-49(39)35-17-11-16-33(25-35)44(52)56-3)37-22-20-32(27-38(37)43(51)48-24-23-30-13-8-10-15-34(30)28-48)42(50)47-58(54,55)36-21-19-29-12-7-9-14-31(29)26-36/h7-17,19-22,25-27H,4-6,18,23-24,28H2,1-3H3,(H,47,50). The van der Waals surface area contributed by atoms with Gasteiger partial charge in [0.2, 0.25) is 0 Å². The first-order valence-corrected chi connectivity index (χ1v) is 20.6. The molecular weight excluding hydrogens is 757 g/mol. The molecule has 296 valence electrons. The number of unbranched alkanes of at least 4 members (excludes halogenated alkanes) is 1. The number of carbonyl (C=O) groups excluding carboxylic acids is 4. The lowest BCUT2D eigenvalue weighted by atomic mass is 9.92. The highest BCUT2D eigenvalue weighted by molar-refractivity contribution is 7.90. The summed E-state index contributed by atoms with van der Waals surface area (Å²) in [5.41, 5.74) is 3.98. The van der Waals surface area contributed by atoms with E-state index < -0.39 is 33.8 Å². The highest BCUT2D eigenvalue weighted by Gasteiger charge is 2.32. The molecule has 58 heavy (non-hydrogen) atoms. The first kappa shape index (κ1) is 39.6. The number of carbonyl (C=O) groups is 4. The van der Waals surface area contributed by atoms with Gasteiger partial charge in [-0.15, -0.1) is 0 Å². The maximum absolute atomic E-state index is 14.9. The molecule has 0 saturated heterocycles. The summed E-state index contributed by atoms with van der Waals surface area (Å²) < 4.78 is 41.4. The Balaban J connectivity index is 1.38. The number of sulfonamides is 1. The van der Waals surface area contributed by atoms with Gasteiger partial charge in [0.25, 0.3) is 21.8 Å².